The predicted molar refractivity (Wildman–Crippen MR) is 56.5 cm³/mol. The van der Waals surface area contributed by atoms with Crippen LogP contribution in [-0.2, 0) is 0 Å². The van der Waals surface area contributed by atoms with E-state index in [1.54, 1.807) is 17.0 Å². The summed E-state index contributed by atoms with van der Waals surface area (Å²) in [5.41, 5.74) is 1.81. The number of nitrogens with zero attached hydrogens (tertiary/aromatic N) is 5. The number of rotatable bonds is 2. The lowest BCUT2D eigenvalue weighted by Crippen LogP contribution is -2.06. The Hall–Kier alpha value is -2.04. The first kappa shape index (κ1) is 9.51. The van der Waals surface area contributed by atoms with Crippen LogP contribution in [0.2, 0.25) is 0 Å². The standard InChI is InChI=1S/C10H11N5/c1-4-9-7(2)5-11-10(14-9)15-8(3)12-6-13-15/h4-6H,1H2,2-3H3. The highest BCUT2D eigenvalue weighted by molar-refractivity contribution is 5.46. The van der Waals surface area contributed by atoms with Gasteiger partial charge in [0, 0.05) is 6.20 Å². The highest BCUT2D eigenvalue weighted by atomic mass is 15.4. The van der Waals surface area contributed by atoms with E-state index in [1.165, 1.54) is 6.33 Å². The summed E-state index contributed by atoms with van der Waals surface area (Å²) in [4.78, 5) is 12.5. The normalized spacial score (nSPS) is 10.3. The number of hydrogen-bond acceptors (Lipinski definition) is 4. The van der Waals surface area contributed by atoms with Gasteiger partial charge >= 0.3 is 0 Å². The maximum Gasteiger partial charge on any atom is 0.252 e. The summed E-state index contributed by atoms with van der Waals surface area (Å²) in [7, 11) is 0. The van der Waals surface area contributed by atoms with Gasteiger partial charge in [-0.3, -0.25) is 0 Å². The lowest BCUT2D eigenvalue weighted by molar-refractivity contribution is 0.774. The van der Waals surface area contributed by atoms with E-state index in [0.29, 0.717) is 5.95 Å². The quantitative estimate of drug-likeness (QED) is 0.735. The summed E-state index contributed by atoms with van der Waals surface area (Å²) in [6, 6.07) is 0. The van der Waals surface area contributed by atoms with Crippen LogP contribution >= 0.6 is 0 Å². The molecule has 0 aromatic carbocycles. The fourth-order valence-electron chi connectivity index (χ4n) is 1.25. The van der Waals surface area contributed by atoms with Gasteiger partial charge < -0.3 is 0 Å². The van der Waals surface area contributed by atoms with Gasteiger partial charge in [0.2, 0.25) is 0 Å². The molecule has 5 heteroatoms. The molecular formula is C10H11N5. The van der Waals surface area contributed by atoms with Crippen LogP contribution in [-0.4, -0.2) is 24.7 Å². The van der Waals surface area contributed by atoms with Crippen molar-refractivity contribution in [3.05, 3.63) is 36.2 Å². The fourth-order valence-corrected chi connectivity index (χ4v) is 1.25. The monoisotopic (exact) mass is 201 g/mol. The van der Waals surface area contributed by atoms with Crippen molar-refractivity contribution in [2.45, 2.75) is 13.8 Å². The molecule has 0 fully saturated rings. The Morgan fingerprint density at radius 1 is 1.33 bits per heavy atom. The average molecular weight is 201 g/mol. The molecule has 0 N–H and O–H groups in total. The van der Waals surface area contributed by atoms with Gasteiger partial charge in [0.05, 0.1) is 5.69 Å². The van der Waals surface area contributed by atoms with E-state index < -0.39 is 0 Å². The second kappa shape index (κ2) is 3.61. The summed E-state index contributed by atoms with van der Waals surface area (Å²) >= 11 is 0. The number of aryl methyl sites for hydroxylation is 2. The summed E-state index contributed by atoms with van der Waals surface area (Å²) in [5.74, 6) is 1.28. The van der Waals surface area contributed by atoms with Crippen molar-refractivity contribution < 1.29 is 0 Å². The third-order valence-electron chi connectivity index (χ3n) is 2.10. The summed E-state index contributed by atoms with van der Waals surface area (Å²) in [5, 5.41) is 4.04. The van der Waals surface area contributed by atoms with Crippen LogP contribution < -0.4 is 0 Å². The van der Waals surface area contributed by atoms with E-state index in [9.17, 15) is 0 Å². The molecule has 0 unspecified atom stereocenters. The third-order valence-corrected chi connectivity index (χ3v) is 2.10. The lowest BCUT2D eigenvalue weighted by Gasteiger charge is -2.03. The Morgan fingerprint density at radius 2 is 2.13 bits per heavy atom. The van der Waals surface area contributed by atoms with Crippen molar-refractivity contribution in [2.75, 3.05) is 0 Å². The van der Waals surface area contributed by atoms with Gasteiger partial charge in [-0.05, 0) is 25.5 Å². The minimum atomic E-state index is 0.519. The van der Waals surface area contributed by atoms with E-state index in [0.717, 1.165) is 17.1 Å². The summed E-state index contributed by atoms with van der Waals surface area (Å²) < 4.78 is 1.59. The lowest BCUT2D eigenvalue weighted by atomic mass is 10.2. The van der Waals surface area contributed by atoms with Crippen molar-refractivity contribution in [2.24, 2.45) is 0 Å². The molecule has 0 saturated carbocycles. The molecule has 2 rings (SSSR count). The zero-order valence-corrected chi connectivity index (χ0v) is 8.68. The van der Waals surface area contributed by atoms with Crippen LogP contribution in [0.1, 0.15) is 17.1 Å². The molecule has 2 aromatic heterocycles. The molecule has 15 heavy (non-hydrogen) atoms. The molecule has 0 radical (unpaired) electrons. The molecular weight excluding hydrogens is 190 g/mol. The van der Waals surface area contributed by atoms with Crippen molar-refractivity contribution in [1.82, 2.24) is 24.7 Å². The zero-order chi connectivity index (χ0) is 10.8. The molecule has 0 bridgehead atoms. The van der Waals surface area contributed by atoms with E-state index >= 15 is 0 Å². The van der Waals surface area contributed by atoms with Gasteiger partial charge in [0.25, 0.3) is 5.95 Å². The first-order valence-corrected chi connectivity index (χ1v) is 4.55. The second-order valence-electron chi connectivity index (χ2n) is 3.16. The summed E-state index contributed by atoms with van der Waals surface area (Å²) in [6.07, 6.45) is 4.93. The average Bonchev–Trinajstić information content (AvgIpc) is 2.65. The van der Waals surface area contributed by atoms with Crippen molar-refractivity contribution in [3.63, 3.8) is 0 Å². The van der Waals surface area contributed by atoms with Crippen molar-refractivity contribution >= 4 is 6.08 Å². The van der Waals surface area contributed by atoms with Crippen LogP contribution in [0.25, 0.3) is 12.0 Å². The van der Waals surface area contributed by atoms with Crippen LogP contribution in [0, 0.1) is 13.8 Å². The van der Waals surface area contributed by atoms with Crippen molar-refractivity contribution in [1.29, 1.82) is 0 Å². The zero-order valence-electron chi connectivity index (χ0n) is 8.68. The van der Waals surface area contributed by atoms with Gasteiger partial charge in [-0.15, -0.1) is 0 Å². The Morgan fingerprint density at radius 3 is 2.73 bits per heavy atom. The summed E-state index contributed by atoms with van der Waals surface area (Å²) in [6.45, 7) is 7.49. The van der Waals surface area contributed by atoms with Crippen LogP contribution in [0.4, 0.5) is 0 Å². The van der Waals surface area contributed by atoms with Crippen LogP contribution in [0.3, 0.4) is 0 Å². The highest BCUT2D eigenvalue weighted by Crippen LogP contribution is 2.08. The molecule has 5 nitrogen and oxygen atoms in total. The van der Waals surface area contributed by atoms with Gasteiger partial charge in [0.1, 0.15) is 12.2 Å². The minimum Gasteiger partial charge on any atom is -0.220 e. The van der Waals surface area contributed by atoms with Crippen LogP contribution in [0.5, 0.6) is 0 Å². The molecule has 0 amide bonds. The first-order chi connectivity index (χ1) is 7.22. The highest BCUT2D eigenvalue weighted by Gasteiger charge is 2.06. The third kappa shape index (κ3) is 1.63. The number of aromatic nitrogens is 5. The van der Waals surface area contributed by atoms with E-state index in [4.69, 9.17) is 0 Å². The largest absolute Gasteiger partial charge is 0.252 e. The van der Waals surface area contributed by atoms with E-state index in [1.807, 2.05) is 13.8 Å². The van der Waals surface area contributed by atoms with Gasteiger partial charge in [-0.25, -0.2) is 15.0 Å². The Bertz CT molecular complexity index is 500. The van der Waals surface area contributed by atoms with Crippen LogP contribution in [0.15, 0.2) is 19.1 Å². The van der Waals surface area contributed by atoms with Gasteiger partial charge in [-0.2, -0.15) is 9.78 Å². The van der Waals surface area contributed by atoms with Gasteiger partial charge in [0.15, 0.2) is 0 Å². The smallest absolute Gasteiger partial charge is 0.220 e. The maximum atomic E-state index is 4.33. The molecule has 0 aliphatic rings. The SMILES string of the molecule is C=Cc1nc(-n2ncnc2C)ncc1C. The predicted octanol–water partition coefficient (Wildman–Crippen LogP) is 1.32. The Kier molecular flexibility index (Phi) is 2.29. The molecule has 0 atom stereocenters. The molecule has 0 spiro atoms. The molecule has 2 heterocycles. The molecule has 0 saturated heterocycles. The number of hydrogen-bond donors (Lipinski definition) is 0. The Labute approximate surface area is 87.5 Å². The fraction of sp³-hybridized carbons (Fsp3) is 0.200. The molecule has 2 aromatic rings. The van der Waals surface area contributed by atoms with E-state index in [-0.39, 0.29) is 0 Å². The first-order valence-electron chi connectivity index (χ1n) is 4.55. The topological polar surface area (TPSA) is 56.5 Å². The Balaban J connectivity index is 2.55. The maximum absolute atomic E-state index is 4.33. The minimum absolute atomic E-state index is 0.519. The second-order valence-corrected chi connectivity index (χ2v) is 3.16. The van der Waals surface area contributed by atoms with E-state index in [2.05, 4.69) is 26.6 Å². The molecule has 0 aliphatic heterocycles. The molecule has 0 aliphatic carbocycles. The van der Waals surface area contributed by atoms with Gasteiger partial charge in [-0.1, -0.05) is 6.58 Å². The van der Waals surface area contributed by atoms with Crippen molar-refractivity contribution in [3.8, 4) is 5.95 Å². The molecule has 76 valence electrons.